The number of halogens is 1. The summed E-state index contributed by atoms with van der Waals surface area (Å²) < 4.78 is 11.7. The lowest BCUT2D eigenvalue weighted by Crippen LogP contribution is -2.47. The lowest BCUT2D eigenvalue weighted by molar-refractivity contribution is -0.123. The van der Waals surface area contributed by atoms with Crippen molar-refractivity contribution in [1.29, 1.82) is 0 Å². The number of methoxy groups -OCH3 is 1. The molecule has 28 heavy (non-hydrogen) atoms. The number of carbonyl (C=O) groups excluding carboxylic acids is 2. The first kappa shape index (κ1) is 20.3. The maximum absolute atomic E-state index is 13.7. The molecule has 0 bridgehead atoms. The van der Waals surface area contributed by atoms with Crippen molar-refractivity contribution in [3.63, 3.8) is 0 Å². The van der Waals surface area contributed by atoms with Crippen LogP contribution in [0.4, 0.5) is 5.69 Å². The Labute approximate surface area is 183 Å². The Kier molecular flexibility index (Phi) is 5.86. The Balaban J connectivity index is 1.66. The van der Waals surface area contributed by atoms with Crippen molar-refractivity contribution in [2.24, 2.45) is 5.92 Å². The molecule has 0 aromatic carbocycles. The molecule has 0 unspecified atom stereocenters. The van der Waals surface area contributed by atoms with Crippen molar-refractivity contribution >= 4 is 51.5 Å². The molecule has 0 radical (unpaired) electrons. The number of esters is 1. The third kappa shape index (κ3) is 4.03. The molecule has 4 rings (SSSR count). The van der Waals surface area contributed by atoms with E-state index in [2.05, 4.69) is 35.6 Å². The molecule has 7 heteroatoms. The van der Waals surface area contributed by atoms with Crippen LogP contribution >= 0.6 is 33.9 Å². The van der Waals surface area contributed by atoms with Gasteiger partial charge in [0.15, 0.2) is 0 Å². The Morgan fingerprint density at radius 2 is 2.04 bits per heavy atom. The maximum atomic E-state index is 13.7. The van der Waals surface area contributed by atoms with Crippen molar-refractivity contribution < 1.29 is 19.1 Å². The van der Waals surface area contributed by atoms with Crippen LogP contribution in [0.3, 0.4) is 0 Å². The predicted molar refractivity (Wildman–Crippen MR) is 118 cm³/mol. The highest BCUT2D eigenvalue weighted by molar-refractivity contribution is 14.1. The van der Waals surface area contributed by atoms with E-state index < -0.39 is 0 Å². The molecule has 2 fully saturated rings. The van der Waals surface area contributed by atoms with Gasteiger partial charge in [0.05, 0.1) is 27.9 Å². The fourth-order valence-electron chi connectivity index (χ4n) is 4.43. The first-order chi connectivity index (χ1) is 13.4. The molecule has 1 amide bonds. The minimum atomic E-state index is -0.363. The van der Waals surface area contributed by atoms with E-state index in [0.717, 1.165) is 60.1 Å². The van der Waals surface area contributed by atoms with Crippen LogP contribution in [0.1, 0.15) is 61.5 Å². The third-order valence-electron chi connectivity index (χ3n) is 6.32. The van der Waals surface area contributed by atoms with Gasteiger partial charge in [-0.3, -0.25) is 4.79 Å². The van der Waals surface area contributed by atoms with Crippen LogP contribution in [0.5, 0.6) is 0 Å². The minimum Gasteiger partial charge on any atom is -0.465 e. The lowest BCUT2D eigenvalue weighted by atomic mass is 9.83. The van der Waals surface area contributed by atoms with Crippen LogP contribution in [-0.4, -0.2) is 37.2 Å². The molecule has 0 N–H and O–H groups in total. The predicted octanol–water partition coefficient (Wildman–Crippen LogP) is 4.93. The number of anilines is 1. The number of amides is 1. The van der Waals surface area contributed by atoms with Crippen LogP contribution in [0.2, 0.25) is 0 Å². The van der Waals surface area contributed by atoms with E-state index in [9.17, 15) is 9.59 Å². The zero-order valence-electron chi connectivity index (χ0n) is 16.3. The molecule has 2 heterocycles. The fraction of sp³-hybridized carbons (Fsp3) is 0.619. The standard InChI is InChI=1S/C21H26INO4S/c1-13-3-5-14(6-4-13)19(24)23(15-7-9-21(10-8-15)12-27-21)16-11-17(22)28-18(16)20(25)26-2/h3,11,14-15H,4-10,12H2,1-2H3/t14-,15-,21-/m0/s1. The van der Waals surface area contributed by atoms with E-state index in [0.29, 0.717) is 4.88 Å². The highest BCUT2D eigenvalue weighted by Crippen LogP contribution is 2.45. The lowest BCUT2D eigenvalue weighted by Gasteiger charge is -2.38. The Morgan fingerprint density at radius 3 is 2.61 bits per heavy atom. The second-order valence-corrected chi connectivity index (χ2v) is 11.1. The zero-order valence-corrected chi connectivity index (χ0v) is 19.3. The van der Waals surface area contributed by atoms with Crippen molar-refractivity contribution in [1.82, 2.24) is 0 Å². The molecular weight excluding hydrogens is 489 g/mol. The SMILES string of the molecule is COC(=O)c1sc(I)cc1N(C(=O)[C@H]1CC=C(C)CC1)[C@H]1CC[C@]2(CC1)CO2. The number of hydrogen-bond donors (Lipinski definition) is 0. The molecular formula is C21H26INO4S. The van der Waals surface area contributed by atoms with E-state index in [-0.39, 0.29) is 29.4 Å². The molecule has 3 aliphatic rings. The van der Waals surface area contributed by atoms with Crippen molar-refractivity contribution in [2.75, 3.05) is 18.6 Å². The summed E-state index contributed by atoms with van der Waals surface area (Å²) in [5, 5.41) is 0. The molecule has 2 aliphatic carbocycles. The largest absolute Gasteiger partial charge is 0.465 e. The summed E-state index contributed by atoms with van der Waals surface area (Å²) in [5.74, 6) is -0.224. The van der Waals surface area contributed by atoms with Gasteiger partial charge < -0.3 is 14.4 Å². The highest BCUT2D eigenvalue weighted by atomic mass is 127. The van der Waals surface area contributed by atoms with Gasteiger partial charge in [-0.05, 0) is 80.5 Å². The van der Waals surface area contributed by atoms with Gasteiger partial charge >= 0.3 is 5.97 Å². The van der Waals surface area contributed by atoms with Gasteiger partial charge in [0.25, 0.3) is 0 Å². The van der Waals surface area contributed by atoms with Crippen molar-refractivity contribution in [3.05, 3.63) is 25.5 Å². The second-order valence-electron chi connectivity index (χ2n) is 8.19. The van der Waals surface area contributed by atoms with E-state index in [1.165, 1.54) is 24.0 Å². The quantitative estimate of drug-likeness (QED) is 0.247. The summed E-state index contributed by atoms with van der Waals surface area (Å²) in [6.07, 6.45) is 8.64. The van der Waals surface area contributed by atoms with E-state index in [1.807, 2.05) is 11.0 Å². The number of rotatable bonds is 4. The van der Waals surface area contributed by atoms with Gasteiger partial charge in [0, 0.05) is 12.0 Å². The summed E-state index contributed by atoms with van der Waals surface area (Å²) in [6, 6.07) is 2.08. The summed E-state index contributed by atoms with van der Waals surface area (Å²) in [5.41, 5.74) is 2.17. The number of ether oxygens (including phenoxy) is 2. The summed E-state index contributed by atoms with van der Waals surface area (Å²) in [4.78, 5) is 28.6. The van der Waals surface area contributed by atoms with Crippen molar-refractivity contribution in [3.8, 4) is 0 Å². The molecule has 1 atom stereocenters. The van der Waals surface area contributed by atoms with Gasteiger partial charge in [-0.2, -0.15) is 0 Å². The van der Waals surface area contributed by atoms with Crippen LogP contribution in [0.25, 0.3) is 0 Å². The van der Waals surface area contributed by atoms with Crippen LogP contribution in [0, 0.1) is 8.80 Å². The molecule has 1 spiro atoms. The zero-order chi connectivity index (χ0) is 19.9. The van der Waals surface area contributed by atoms with E-state index >= 15 is 0 Å². The van der Waals surface area contributed by atoms with Crippen molar-refractivity contribution in [2.45, 2.75) is 63.5 Å². The molecule has 1 aromatic heterocycles. The molecule has 5 nitrogen and oxygen atoms in total. The summed E-state index contributed by atoms with van der Waals surface area (Å²) in [6.45, 7) is 2.98. The second kappa shape index (κ2) is 8.07. The number of nitrogens with zero attached hydrogens (tertiary/aromatic N) is 1. The molecule has 1 saturated carbocycles. The highest BCUT2D eigenvalue weighted by Gasteiger charge is 2.49. The average Bonchev–Trinajstić information content (AvgIpc) is 3.35. The van der Waals surface area contributed by atoms with E-state index in [4.69, 9.17) is 9.47 Å². The van der Waals surface area contributed by atoms with Crippen LogP contribution < -0.4 is 4.90 Å². The Morgan fingerprint density at radius 1 is 1.32 bits per heavy atom. The molecule has 152 valence electrons. The topological polar surface area (TPSA) is 59.1 Å². The third-order valence-corrected chi connectivity index (χ3v) is 8.19. The van der Waals surface area contributed by atoms with Crippen LogP contribution in [-0.2, 0) is 14.3 Å². The van der Waals surface area contributed by atoms with Gasteiger partial charge in [0.2, 0.25) is 5.91 Å². The van der Waals surface area contributed by atoms with Gasteiger partial charge in [0.1, 0.15) is 4.88 Å². The molecule has 1 aliphatic heterocycles. The van der Waals surface area contributed by atoms with Gasteiger partial charge in [-0.1, -0.05) is 11.6 Å². The Bertz CT molecular complexity index is 803. The normalized spacial score (nSPS) is 29.3. The average molecular weight is 515 g/mol. The number of epoxide rings is 1. The number of thiophene rings is 1. The summed E-state index contributed by atoms with van der Waals surface area (Å²) in [7, 11) is 1.40. The maximum Gasteiger partial charge on any atom is 0.350 e. The number of hydrogen-bond acceptors (Lipinski definition) is 5. The number of carbonyl (C=O) groups is 2. The molecule has 1 aromatic rings. The fourth-order valence-corrected chi connectivity index (χ4v) is 6.18. The number of allylic oxidation sites excluding steroid dienone is 2. The van der Waals surface area contributed by atoms with Gasteiger partial charge in [-0.15, -0.1) is 11.3 Å². The first-order valence-electron chi connectivity index (χ1n) is 9.93. The minimum absolute atomic E-state index is 0.0141. The monoisotopic (exact) mass is 515 g/mol. The smallest absolute Gasteiger partial charge is 0.350 e. The van der Waals surface area contributed by atoms with Crippen LogP contribution in [0.15, 0.2) is 17.7 Å². The van der Waals surface area contributed by atoms with E-state index in [1.54, 1.807) is 0 Å². The molecule has 1 saturated heterocycles. The Hall–Kier alpha value is -0.930. The first-order valence-corrected chi connectivity index (χ1v) is 11.8. The van der Waals surface area contributed by atoms with Gasteiger partial charge in [-0.25, -0.2) is 4.79 Å². The summed E-state index contributed by atoms with van der Waals surface area (Å²) >= 11 is 3.62.